The zero-order valence-electron chi connectivity index (χ0n) is 16.3. The molecule has 0 unspecified atom stereocenters. The lowest BCUT2D eigenvalue weighted by Gasteiger charge is -2.44. The molecule has 0 saturated heterocycles. The molecule has 0 aromatic heterocycles. The normalized spacial score (nSPS) is 13.2. The van der Waals surface area contributed by atoms with Crippen LogP contribution >= 0.6 is 0 Å². The van der Waals surface area contributed by atoms with Gasteiger partial charge in [-0.05, 0) is 38.9 Å². The van der Waals surface area contributed by atoms with Gasteiger partial charge in [0, 0.05) is 0 Å². The lowest BCUT2D eigenvalue weighted by Crippen LogP contribution is -2.56. The van der Waals surface area contributed by atoms with Crippen LogP contribution in [0.15, 0.2) is 12.1 Å². The monoisotopic (exact) mass is 334 g/mol. The van der Waals surface area contributed by atoms with Crippen molar-refractivity contribution in [2.24, 2.45) is 0 Å². The average molecular weight is 335 g/mol. The van der Waals surface area contributed by atoms with Crippen molar-refractivity contribution in [2.45, 2.75) is 84.4 Å². The summed E-state index contributed by atoms with van der Waals surface area (Å²) in [6, 6.07) is 4.04. The lowest BCUT2D eigenvalue weighted by atomic mass is 9.86. The van der Waals surface area contributed by atoms with Crippen molar-refractivity contribution < 1.29 is 9.90 Å². The Kier molecular flexibility index (Phi) is 5.90. The van der Waals surface area contributed by atoms with E-state index in [1.807, 2.05) is 6.07 Å². The summed E-state index contributed by atoms with van der Waals surface area (Å²) in [5.74, 6) is 0.218. The van der Waals surface area contributed by atoms with Gasteiger partial charge < -0.3 is 5.11 Å². The molecule has 23 heavy (non-hydrogen) atoms. The van der Waals surface area contributed by atoms with E-state index in [9.17, 15) is 9.90 Å². The molecule has 0 bridgehead atoms. The van der Waals surface area contributed by atoms with Gasteiger partial charge in [0.2, 0.25) is 0 Å². The molecule has 0 spiro atoms. The van der Waals surface area contributed by atoms with Crippen molar-refractivity contribution in [2.75, 3.05) is 0 Å². The highest BCUT2D eigenvalue weighted by atomic mass is 28.3. The van der Waals surface area contributed by atoms with E-state index in [0.717, 1.165) is 17.0 Å². The Balaban J connectivity index is 3.89. The first kappa shape index (κ1) is 20.0. The summed E-state index contributed by atoms with van der Waals surface area (Å²) in [4.78, 5) is 11.6. The van der Waals surface area contributed by atoms with E-state index >= 15 is 0 Å². The predicted octanol–water partition coefficient (Wildman–Crippen LogP) is 5.39. The van der Waals surface area contributed by atoms with E-state index in [0.29, 0.717) is 22.2 Å². The van der Waals surface area contributed by atoms with Gasteiger partial charge >= 0.3 is 0 Å². The minimum absolute atomic E-state index is 0.0503. The molecular formula is C20H34O2Si. The molecule has 2 nitrogen and oxygen atoms in total. The average Bonchev–Trinajstić information content (AvgIpc) is 2.38. The molecule has 0 saturated carbocycles. The van der Waals surface area contributed by atoms with Gasteiger partial charge in [-0.3, -0.25) is 4.79 Å². The molecule has 0 aliphatic rings. The minimum atomic E-state index is -2.01. The van der Waals surface area contributed by atoms with Crippen LogP contribution in [0, 0.1) is 0 Å². The molecule has 0 atom stereocenters. The largest absolute Gasteiger partial charge is 0.507 e. The first-order valence-corrected chi connectivity index (χ1v) is 11.0. The maximum atomic E-state index is 11.6. The molecule has 1 rings (SSSR count). The standard InChI is InChI=1S/C20H34O2Si/c1-13(2)23(14(3)4,15(5)6)18-11-17(20(7,8)9)10-16(12-21)19(18)22/h10-15,22H,1-9H3. The first-order chi connectivity index (χ1) is 10.4. The van der Waals surface area contributed by atoms with Gasteiger partial charge in [0.1, 0.15) is 5.75 Å². The molecule has 0 amide bonds. The molecule has 1 aromatic rings. The third-order valence-electron chi connectivity index (χ3n) is 5.46. The topological polar surface area (TPSA) is 37.3 Å². The Morgan fingerprint density at radius 3 is 1.70 bits per heavy atom. The Bertz CT molecular complexity index is 544. The van der Waals surface area contributed by atoms with Crippen LogP contribution in [0.1, 0.15) is 78.2 Å². The molecule has 3 heteroatoms. The highest BCUT2D eigenvalue weighted by Crippen LogP contribution is 2.43. The fourth-order valence-corrected chi connectivity index (χ4v) is 11.3. The Hall–Kier alpha value is -1.09. The highest BCUT2D eigenvalue weighted by molar-refractivity contribution is 6.95. The summed E-state index contributed by atoms with van der Waals surface area (Å²) >= 11 is 0. The van der Waals surface area contributed by atoms with E-state index < -0.39 is 8.07 Å². The Morgan fingerprint density at radius 1 is 0.957 bits per heavy atom. The third-order valence-corrected chi connectivity index (χ3v) is 12.5. The van der Waals surface area contributed by atoms with Crippen molar-refractivity contribution >= 4 is 19.5 Å². The summed E-state index contributed by atoms with van der Waals surface area (Å²) in [5, 5.41) is 11.9. The number of carbonyl (C=O) groups is 1. The van der Waals surface area contributed by atoms with Crippen molar-refractivity contribution in [3.05, 3.63) is 23.3 Å². The summed E-state index contributed by atoms with van der Waals surface area (Å²) in [5.41, 5.74) is 2.98. The summed E-state index contributed by atoms with van der Waals surface area (Å²) in [6.45, 7) is 20.1. The molecule has 1 aromatic carbocycles. The second-order valence-electron chi connectivity index (χ2n) is 8.73. The summed E-state index contributed by atoms with van der Waals surface area (Å²) in [6.07, 6.45) is 0.800. The lowest BCUT2D eigenvalue weighted by molar-refractivity contribution is 0.112. The van der Waals surface area contributed by atoms with E-state index in [-0.39, 0.29) is 11.2 Å². The van der Waals surface area contributed by atoms with Gasteiger partial charge in [0.25, 0.3) is 0 Å². The predicted molar refractivity (Wildman–Crippen MR) is 103 cm³/mol. The number of hydrogen-bond acceptors (Lipinski definition) is 2. The van der Waals surface area contributed by atoms with Crippen LogP contribution in [0.4, 0.5) is 0 Å². The quantitative estimate of drug-likeness (QED) is 0.579. The molecule has 1 N–H and O–H groups in total. The maximum absolute atomic E-state index is 11.6. The van der Waals surface area contributed by atoms with Crippen molar-refractivity contribution in [3.8, 4) is 5.75 Å². The van der Waals surface area contributed by atoms with Crippen molar-refractivity contribution in [3.63, 3.8) is 0 Å². The molecule has 0 aliphatic heterocycles. The molecule has 0 aliphatic carbocycles. The van der Waals surface area contributed by atoms with Gasteiger partial charge in [-0.1, -0.05) is 68.4 Å². The third kappa shape index (κ3) is 3.40. The molecule has 0 heterocycles. The molecular weight excluding hydrogens is 300 g/mol. The first-order valence-electron chi connectivity index (χ1n) is 8.73. The molecule has 0 fully saturated rings. The Labute approximate surface area is 143 Å². The van der Waals surface area contributed by atoms with Gasteiger partial charge in [-0.15, -0.1) is 0 Å². The van der Waals surface area contributed by atoms with Crippen LogP contribution in [-0.4, -0.2) is 19.5 Å². The fourth-order valence-electron chi connectivity index (χ4n) is 4.44. The number of hydrogen-bond donors (Lipinski definition) is 1. The minimum Gasteiger partial charge on any atom is -0.507 e. The number of benzene rings is 1. The van der Waals surface area contributed by atoms with Crippen molar-refractivity contribution in [1.82, 2.24) is 0 Å². The maximum Gasteiger partial charge on any atom is 0.153 e. The van der Waals surface area contributed by atoms with Gasteiger partial charge in [0.15, 0.2) is 6.29 Å². The zero-order chi connectivity index (χ0) is 18.2. The Morgan fingerprint density at radius 2 is 1.39 bits per heavy atom. The second kappa shape index (κ2) is 6.80. The number of carbonyl (C=O) groups excluding carboxylic acids is 1. The van der Waals surface area contributed by atoms with Crippen LogP contribution in [0.3, 0.4) is 0 Å². The van der Waals surface area contributed by atoms with Crippen molar-refractivity contribution in [1.29, 1.82) is 0 Å². The zero-order valence-corrected chi connectivity index (χ0v) is 17.3. The fraction of sp³-hybridized carbons (Fsp3) is 0.650. The van der Waals surface area contributed by atoms with Crippen LogP contribution < -0.4 is 5.19 Å². The highest BCUT2D eigenvalue weighted by Gasteiger charge is 2.46. The van der Waals surface area contributed by atoms with E-state index in [2.05, 4.69) is 68.4 Å². The number of phenolic OH excluding ortho intramolecular Hbond substituents is 1. The SMILES string of the molecule is CC(C)[Si](c1cc(C(C)(C)C)cc(C=O)c1O)(C(C)C)C(C)C. The molecule has 130 valence electrons. The van der Waals surface area contributed by atoms with Crippen LogP contribution in [-0.2, 0) is 5.41 Å². The van der Waals surface area contributed by atoms with Crippen LogP contribution in [0.25, 0.3) is 0 Å². The second-order valence-corrected chi connectivity index (χ2v) is 14.6. The van der Waals surface area contributed by atoms with Gasteiger partial charge in [-0.2, -0.15) is 0 Å². The molecule has 0 radical (unpaired) electrons. The van der Waals surface area contributed by atoms with Gasteiger partial charge in [0.05, 0.1) is 13.6 Å². The number of aromatic hydroxyl groups is 1. The van der Waals surface area contributed by atoms with Crippen LogP contribution in [0.2, 0.25) is 16.6 Å². The summed E-state index contributed by atoms with van der Waals surface area (Å²) in [7, 11) is -2.01. The number of aldehydes is 1. The van der Waals surface area contributed by atoms with Gasteiger partial charge in [-0.25, -0.2) is 0 Å². The van der Waals surface area contributed by atoms with E-state index in [1.165, 1.54) is 0 Å². The van der Waals surface area contributed by atoms with E-state index in [4.69, 9.17) is 0 Å². The van der Waals surface area contributed by atoms with Crippen LogP contribution in [0.5, 0.6) is 5.75 Å². The smallest absolute Gasteiger partial charge is 0.153 e. The summed E-state index contributed by atoms with van der Waals surface area (Å²) < 4.78 is 0. The van der Waals surface area contributed by atoms with E-state index in [1.54, 1.807) is 0 Å². The number of phenols is 1. The number of rotatable bonds is 5.